The van der Waals surface area contributed by atoms with Crippen molar-refractivity contribution in [3.8, 4) is 22.8 Å². The van der Waals surface area contributed by atoms with Crippen LogP contribution < -0.4 is 9.47 Å². The van der Waals surface area contributed by atoms with E-state index in [1.54, 1.807) is 20.4 Å². The molecule has 2 aromatic rings. The van der Waals surface area contributed by atoms with Crippen LogP contribution >= 0.6 is 11.6 Å². The predicted octanol–water partition coefficient (Wildman–Crippen LogP) is 2.90. The molecule has 1 aromatic carbocycles. The van der Waals surface area contributed by atoms with Crippen LogP contribution in [0.3, 0.4) is 0 Å². The van der Waals surface area contributed by atoms with Crippen molar-refractivity contribution in [2.24, 2.45) is 0 Å². The molecule has 0 N–H and O–H groups in total. The quantitative estimate of drug-likeness (QED) is 0.797. The van der Waals surface area contributed by atoms with Crippen LogP contribution in [0, 0.1) is 0 Å². The molecule has 0 amide bonds. The highest BCUT2D eigenvalue weighted by atomic mass is 35.5. The lowest BCUT2D eigenvalue weighted by Gasteiger charge is -2.10. The Morgan fingerprint density at radius 2 is 2.00 bits per heavy atom. The monoisotopic (exact) mass is 264 g/mol. The Hall–Kier alpha value is -1.81. The molecule has 0 saturated heterocycles. The number of rotatable bonds is 4. The van der Waals surface area contributed by atoms with Gasteiger partial charge in [0.25, 0.3) is 0 Å². The first-order chi connectivity index (χ1) is 8.78. The smallest absolute Gasteiger partial charge is 0.143 e. The summed E-state index contributed by atoms with van der Waals surface area (Å²) in [5.41, 5.74) is 1.66. The van der Waals surface area contributed by atoms with Crippen molar-refractivity contribution in [3.05, 3.63) is 36.3 Å². The van der Waals surface area contributed by atoms with Crippen molar-refractivity contribution in [3.63, 3.8) is 0 Å². The van der Waals surface area contributed by atoms with Crippen molar-refractivity contribution in [2.75, 3.05) is 14.2 Å². The third kappa shape index (κ3) is 2.54. The fourth-order valence-corrected chi connectivity index (χ4v) is 1.75. The predicted molar refractivity (Wildman–Crippen MR) is 70.1 cm³/mol. The molecule has 0 atom stereocenters. The van der Waals surface area contributed by atoms with Crippen LogP contribution in [0.1, 0.15) is 5.82 Å². The Labute approximate surface area is 111 Å². The second-order valence-corrected chi connectivity index (χ2v) is 3.83. The standard InChI is InChI=1S/C13H13ClN2O2/c1-17-9-3-4-10(12(7-9)18-2)11-5-6-15-13(8-14)16-11/h3-7H,8H2,1-2H3. The van der Waals surface area contributed by atoms with E-state index in [9.17, 15) is 0 Å². The minimum Gasteiger partial charge on any atom is -0.497 e. The zero-order chi connectivity index (χ0) is 13.0. The first kappa shape index (κ1) is 12.6. The maximum Gasteiger partial charge on any atom is 0.143 e. The lowest BCUT2D eigenvalue weighted by Crippen LogP contribution is -1.95. The van der Waals surface area contributed by atoms with Gasteiger partial charge in [-0.15, -0.1) is 11.6 Å². The summed E-state index contributed by atoms with van der Waals surface area (Å²) >= 11 is 5.73. The van der Waals surface area contributed by atoms with Crippen molar-refractivity contribution >= 4 is 11.6 Å². The molecule has 0 radical (unpaired) electrons. The topological polar surface area (TPSA) is 44.2 Å². The molecule has 2 rings (SSSR count). The summed E-state index contributed by atoms with van der Waals surface area (Å²) < 4.78 is 10.5. The van der Waals surface area contributed by atoms with Crippen molar-refractivity contribution in [1.82, 2.24) is 9.97 Å². The molecule has 1 heterocycles. The number of hydrogen-bond donors (Lipinski definition) is 0. The molecule has 0 bridgehead atoms. The lowest BCUT2D eigenvalue weighted by atomic mass is 10.1. The minimum absolute atomic E-state index is 0.284. The first-order valence-electron chi connectivity index (χ1n) is 5.38. The summed E-state index contributed by atoms with van der Waals surface area (Å²) in [4.78, 5) is 8.43. The van der Waals surface area contributed by atoms with Crippen molar-refractivity contribution < 1.29 is 9.47 Å². The summed E-state index contributed by atoms with van der Waals surface area (Å²) in [6.07, 6.45) is 1.68. The van der Waals surface area contributed by atoms with Crippen LogP contribution in [0.5, 0.6) is 11.5 Å². The highest BCUT2D eigenvalue weighted by Crippen LogP contribution is 2.31. The van der Waals surface area contributed by atoms with Gasteiger partial charge in [0.05, 0.1) is 25.8 Å². The second-order valence-electron chi connectivity index (χ2n) is 3.56. The van der Waals surface area contributed by atoms with Gasteiger partial charge in [0.1, 0.15) is 17.3 Å². The minimum atomic E-state index is 0.284. The Balaban J connectivity index is 2.48. The van der Waals surface area contributed by atoms with E-state index in [0.717, 1.165) is 17.0 Å². The van der Waals surface area contributed by atoms with E-state index in [0.29, 0.717) is 11.6 Å². The highest BCUT2D eigenvalue weighted by molar-refractivity contribution is 6.16. The fourth-order valence-electron chi connectivity index (χ4n) is 1.62. The van der Waals surface area contributed by atoms with Gasteiger partial charge in [-0.1, -0.05) is 0 Å². The number of aromatic nitrogens is 2. The molecule has 94 valence electrons. The molecular weight excluding hydrogens is 252 g/mol. The van der Waals surface area contributed by atoms with Crippen LogP contribution in [-0.4, -0.2) is 24.2 Å². The summed E-state index contributed by atoms with van der Waals surface area (Å²) in [7, 11) is 3.23. The molecule has 0 saturated carbocycles. The number of benzene rings is 1. The molecule has 0 fully saturated rings. The van der Waals surface area contributed by atoms with Crippen molar-refractivity contribution in [2.45, 2.75) is 5.88 Å². The number of halogens is 1. The first-order valence-corrected chi connectivity index (χ1v) is 5.92. The average molecular weight is 265 g/mol. The third-order valence-corrected chi connectivity index (χ3v) is 2.75. The third-order valence-electron chi connectivity index (χ3n) is 2.51. The van der Waals surface area contributed by atoms with Gasteiger partial charge >= 0.3 is 0 Å². The molecular formula is C13H13ClN2O2. The van der Waals surface area contributed by atoms with E-state index in [-0.39, 0.29) is 5.88 Å². The van der Waals surface area contributed by atoms with Crippen LogP contribution in [0.25, 0.3) is 11.3 Å². The van der Waals surface area contributed by atoms with Crippen LogP contribution in [0.2, 0.25) is 0 Å². The Morgan fingerprint density at radius 1 is 1.17 bits per heavy atom. The van der Waals surface area contributed by atoms with E-state index in [2.05, 4.69) is 9.97 Å². The molecule has 0 unspecified atom stereocenters. The van der Waals surface area contributed by atoms with Gasteiger partial charge in [-0.05, 0) is 18.2 Å². The maximum atomic E-state index is 5.73. The molecule has 5 heteroatoms. The van der Waals surface area contributed by atoms with E-state index >= 15 is 0 Å². The van der Waals surface area contributed by atoms with Crippen LogP contribution in [0.4, 0.5) is 0 Å². The van der Waals surface area contributed by atoms with Gasteiger partial charge in [0, 0.05) is 17.8 Å². The molecule has 0 aliphatic rings. The summed E-state index contributed by atoms with van der Waals surface area (Å²) in [5.74, 6) is 2.31. The summed E-state index contributed by atoms with van der Waals surface area (Å²) in [5, 5.41) is 0. The second kappa shape index (κ2) is 5.69. The average Bonchev–Trinajstić information content (AvgIpc) is 2.46. The number of hydrogen-bond acceptors (Lipinski definition) is 4. The summed E-state index contributed by atoms with van der Waals surface area (Å²) in [6.45, 7) is 0. The summed E-state index contributed by atoms with van der Waals surface area (Å²) in [6, 6.07) is 7.40. The number of ether oxygens (including phenoxy) is 2. The Bertz CT molecular complexity index is 546. The van der Waals surface area contributed by atoms with Crippen LogP contribution in [-0.2, 0) is 5.88 Å². The largest absolute Gasteiger partial charge is 0.497 e. The fraction of sp³-hybridized carbons (Fsp3) is 0.231. The molecule has 0 aliphatic heterocycles. The molecule has 0 spiro atoms. The number of alkyl halides is 1. The zero-order valence-corrected chi connectivity index (χ0v) is 10.9. The van der Waals surface area contributed by atoms with Gasteiger partial charge in [-0.3, -0.25) is 0 Å². The number of methoxy groups -OCH3 is 2. The molecule has 18 heavy (non-hydrogen) atoms. The molecule has 0 aliphatic carbocycles. The normalized spacial score (nSPS) is 10.2. The van der Waals surface area contributed by atoms with E-state index in [4.69, 9.17) is 21.1 Å². The van der Waals surface area contributed by atoms with E-state index in [1.165, 1.54) is 0 Å². The molecule has 1 aromatic heterocycles. The van der Waals surface area contributed by atoms with Gasteiger partial charge in [0.2, 0.25) is 0 Å². The zero-order valence-electron chi connectivity index (χ0n) is 10.2. The van der Waals surface area contributed by atoms with E-state index in [1.807, 2.05) is 24.3 Å². The maximum absolute atomic E-state index is 5.73. The van der Waals surface area contributed by atoms with Gasteiger partial charge in [-0.2, -0.15) is 0 Å². The van der Waals surface area contributed by atoms with E-state index < -0.39 is 0 Å². The lowest BCUT2D eigenvalue weighted by molar-refractivity contribution is 0.395. The Morgan fingerprint density at radius 3 is 2.67 bits per heavy atom. The van der Waals surface area contributed by atoms with Gasteiger partial charge < -0.3 is 9.47 Å². The van der Waals surface area contributed by atoms with Crippen LogP contribution in [0.15, 0.2) is 30.5 Å². The number of nitrogens with zero attached hydrogens (tertiary/aromatic N) is 2. The highest BCUT2D eigenvalue weighted by Gasteiger charge is 2.09. The SMILES string of the molecule is COc1ccc(-c2ccnc(CCl)n2)c(OC)c1. The van der Waals surface area contributed by atoms with Gasteiger partial charge in [0.15, 0.2) is 0 Å². The Kier molecular flexibility index (Phi) is 3.99. The van der Waals surface area contributed by atoms with Crippen molar-refractivity contribution in [1.29, 1.82) is 0 Å². The van der Waals surface area contributed by atoms with Gasteiger partial charge in [-0.25, -0.2) is 9.97 Å². The molecule has 4 nitrogen and oxygen atoms in total.